The third-order valence-corrected chi connectivity index (χ3v) is 3.97. The molecule has 136 valence electrons. The van der Waals surface area contributed by atoms with Crippen molar-refractivity contribution in [2.45, 2.75) is 6.54 Å². The third kappa shape index (κ3) is 3.97. The van der Waals surface area contributed by atoms with Crippen molar-refractivity contribution in [1.29, 1.82) is 0 Å². The van der Waals surface area contributed by atoms with Gasteiger partial charge in [-0.1, -0.05) is 30.9 Å². The summed E-state index contributed by atoms with van der Waals surface area (Å²) >= 11 is 0. The van der Waals surface area contributed by atoms with Crippen LogP contribution < -0.4 is 24.8 Å². The number of nitrogens with two attached hydrogens (primary N) is 1. The number of benzene rings is 2. The molecule has 0 bridgehead atoms. The predicted octanol–water partition coefficient (Wildman–Crippen LogP) is 2.51. The molecule has 0 atom stereocenters. The summed E-state index contributed by atoms with van der Waals surface area (Å²) in [6.07, 6.45) is 1.68. The number of para-hydroxylation sites is 1. The van der Waals surface area contributed by atoms with Crippen molar-refractivity contribution in [3.8, 4) is 17.2 Å². The van der Waals surface area contributed by atoms with Gasteiger partial charge in [-0.05, 0) is 18.2 Å². The molecule has 2 aromatic rings. The van der Waals surface area contributed by atoms with Crippen LogP contribution in [0.5, 0.6) is 17.2 Å². The maximum atomic E-state index is 12.5. The lowest BCUT2D eigenvalue weighted by atomic mass is 10.1. The van der Waals surface area contributed by atoms with Gasteiger partial charge in [-0.15, -0.1) is 0 Å². The van der Waals surface area contributed by atoms with Gasteiger partial charge < -0.3 is 24.8 Å². The Hall–Kier alpha value is -2.99. The minimum atomic E-state index is -0.194. The number of amides is 1. The van der Waals surface area contributed by atoms with E-state index in [1.165, 1.54) is 0 Å². The number of hydrogen-bond acceptors (Lipinski definition) is 5. The fraction of sp³-hybridized carbons (Fsp3) is 0.250. The number of carbonyl (C=O) groups excluding carboxylic acids is 1. The molecular weight excluding hydrogens is 332 g/mol. The van der Waals surface area contributed by atoms with Crippen molar-refractivity contribution in [3.05, 3.63) is 60.7 Å². The highest BCUT2D eigenvalue weighted by atomic mass is 16.6. The highest BCUT2D eigenvalue weighted by molar-refractivity contribution is 5.95. The highest BCUT2D eigenvalue weighted by Gasteiger charge is 2.20. The number of carbonyl (C=O) groups is 1. The minimum Gasteiger partial charge on any atom is -0.489 e. The van der Waals surface area contributed by atoms with Crippen LogP contribution in [0.3, 0.4) is 0 Å². The van der Waals surface area contributed by atoms with Crippen LogP contribution in [-0.4, -0.2) is 32.3 Å². The lowest BCUT2D eigenvalue weighted by Gasteiger charge is -2.26. The summed E-state index contributed by atoms with van der Waals surface area (Å²) in [4.78, 5) is 14.1. The molecular formula is C20H22N2O4. The average Bonchev–Trinajstić information content (AvgIpc) is 2.70. The van der Waals surface area contributed by atoms with E-state index in [-0.39, 0.29) is 12.5 Å². The van der Waals surface area contributed by atoms with E-state index < -0.39 is 0 Å². The molecule has 1 heterocycles. The lowest BCUT2D eigenvalue weighted by Crippen LogP contribution is -2.35. The second-order valence-corrected chi connectivity index (χ2v) is 5.72. The number of ether oxygens (including phenoxy) is 3. The molecule has 6 nitrogen and oxygen atoms in total. The average molecular weight is 354 g/mol. The van der Waals surface area contributed by atoms with Gasteiger partial charge in [0.15, 0.2) is 11.5 Å². The molecule has 0 saturated carbocycles. The molecule has 0 saturated heterocycles. The first-order valence-electron chi connectivity index (χ1n) is 8.44. The standard InChI is InChI=1S/C20H22N2O4/c1-2-9-24-17-6-4-3-5-15(17)14-22(20(23)13-21)16-7-8-18-19(12-16)26-11-10-25-18/h2-8,12H,1,9-11,13-14,21H2. The van der Waals surface area contributed by atoms with Gasteiger partial charge in [0.2, 0.25) is 5.91 Å². The molecule has 0 fully saturated rings. The molecule has 0 spiro atoms. The summed E-state index contributed by atoms with van der Waals surface area (Å²) in [7, 11) is 0. The second-order valence-electron chi connectivity index (χ2n) is 5.72. The first-order valence-corrected chi connectivity index (χ1v) is 8.44. The van der Waals surface area contributed by atoms with Crippen LogP contribution in [0.25, 0.3) is 0 Å². The van der Waals surface area contributed by atoms with E-state index in [1.807, 2.05) is 30.3 Å². The Labute approximate surface area is 152 Å². The fourth-order valence-corrected chi connectivity index (χ4v) is 2.73. The van der Waals surface area contributed by atoms with Gasteiger partial charge in [0, 0.05) is 17.3 Å². The maximum absolute atomic E-state index is 12.5. The van der Waals surface area contributed by atoms with Crippen molar-refractivity contribution in [2.75, 3.05) is 31.3 Å². The van der Waals surface area contributed by atoms with Gasteiger partial charge in [-0.2, -0.15) is 0 Å². The topological polar surface area (TPSA) is 74.0 Å². The maximum Gasteiger partial charge on any atom is 0.241 e. The summed E-state index contributed by atoms with van der Waals surface area (Å²) in [5.41, 5.74) is 7.21. The number of nitrogens with zero attached hydrogens (tertiary/aromatic N) is 1. The van der Waals surface area contributed by atoms with Gasteiger partial charge in [0.25, 0.3) is 0 Å². The molecule has 2 aromatic carbocycles. The lowest BCUT2D eigenvalue weighted by molar-refractivity contribution is -0.117. The van der Waals surface area contributed by atoms with Gasteiger partial charge in [0.1, 0.15) is 25.6 Å². The minimum absolute atomic E-state index is 0.0931. The monoisotopic (exact) mass is 354 g/mol. The Morgan fingerprint density at radius 2 is 1.96 bits per heavy atom. The molecule has 0 radical (unpaired) electrons. The number of rotatable bonds is 7. The predicted molar refractivity (Wildman–Crippen MR) is 99.8 cm³/mol. The Morgan fingerprint density at radius 3 is 2.73 bits per heavy atom. The molecule has 1 amide bonds. The zero-order valence-electron chi connectivity index (χ0n) is 14.5. The first kappa shape index (κ1) is 17.8. The summed E-state index contributed by atoms with van der Waals surface area (Å²) < 4.78 is 16.9. The van der Waals surface area contributed by atoms with E-state index >= 15 is 0 Å². The summed E-state index contributed by atoms with van der Waals surface area (Å²) in [6, 6.07) is 13.0. The van der Waals surface area contributed by atoms with Crippen molar-refractivity contribution < 1.29 is 19.0 Å². The van der Waals surface area contributed by atoms with Gasteiger partial charge in [-0.3, -0.25) is 4.79 Å². The van der Waals surface area contributed by atoms with E-state index in [0.29, 0.717) is 49.3 Å². The molecule has 0 aliphatic carbocycles. The van der Waals surface area contributed by atoms with Crippen molar-refractivity contribution >= 4 is 11.6 Å². The number of hydrogen-bond donors (Lipinski definition) is 1. The number of fused-ring (bicyclic) bond motifs is 1. The molecule has 0 aromatic heterocycles. The number of anilines is 1. The fourth-order valence-electron chi connectivity index (χ4n) is 2.73. The largest absolute Gasteiger partial charge is 0.489 e. The van der Waals surface area contributed by atoms with Crippen LogP contribution in [0.1, 0.15) is 5.56 Å². The Bertz CT molecular complexity index is 791. The first-order chi connectivity index (χ1) is 12.7. The zero-order valence-corrected chi connectivity index (χ0v) is 14.5. The smallest absolute Gasteiger partial charge is 0.241 e. The molecule has 26 heavy (non-hydrogen) atoms. The van der Waals surface area contributed by atoms with Crippen molar-refractivity contribution in [1.82, 2.24) is 0 Å². The van der Waals surface area contributed by atoms with Crippen LogP contribution in [0.2, 0.25) is 0 Å². The van der Waals surface area contributed by atoms with Crippen LogP contribution in [-0.2, 0) is 11.3 Å². The Balaban J connectivity index is 1.90. The molecule has 1 aliphatic rings. The third-order valence-electron chi connectivity index (χ3n) is 3.97. The zero-order chi connectivity index (χ0) is 18.4. The van der Waals surface area contributed by atoms with Gasteiger partial charge in [-0.25, -0.2) is 0 Å². The van der Waals surface area contributed by atoms with Crippen LogP contribution in [0.15, 0.2) is 55.1 Å². The second kappa shape index (κ2) is 8.40. The van der Waals surface area contributed by atoms with E-state index in [1.54, 1.807) is 23.1 Å². The van der Waals surface area contributed by atoms with Crippen LogP contribution in [0, 0.1) is 0 Å². The van der Waals surface area contributed by atoms with Crippen molar-refractivity contribution in [2.24, 2.45) is 5.73 Å². The van der Waals surface area contributed by atoms with E-state index in [2.05, 4.69) is 6.58 Å². The van der Waals surface area contributed by atoms with Crippen molar-refractivity contribution in [3.63, 3.8) is 0 Å². The van der Waals surface area contributed by atoms with Gasteiger partial charge in [0.05, 0.1) is 13.1 Å². The Morgan fingerprint density at radius 1 is 1.19 bits per heavy atom. The highest BCUT2D eigenvalue weighted by Crippen LogP contribution is 2.35. The molecule has 0 unspecified atom stereocenters. The molecule has 2 N–H and O–H groups in total. The van der Waals surface area contributed by atoms with Crippen LogP contribution in [0.4, 0.5) is 5.69 Å². The quantitative estimate of drug-likeness (QED) is 0.774. The van der Waals surface area contributed by atoms with Gasteiger partial charge >= 0.3 is 0 Å². The normalized spacial score (nSPS) is 12.3. The summed E-state index contributed by atoms with van der Waals surface area (Å²) in [5, 5.41) is 0. The molecule has 1 aliphatic heterocycles. The summed E-state index contributed by atoms with van der Waals surface area (Å²) in [6.45, 7) is 5.31. The molecule has 6 heteroatoms. The van der Waals surface area contributed by atoms with Crippen LogP contribution >= 0.6 is 0 Å². The van der Waals surface area contributed by atoms with E-state index in [4.69, 9.17) is 19.9 Å². The molecule has 3 rings (SSSR count). The SMILES string of the molecule is C=CCOc1ccccc1CN(C(=O)CN)c1ccc2c(c1)OCCO2. The summed E-state index contributed by atoms with van der Waals surface area (Å²) in [5.74, 6) is 1.81. The van der Waals surface area contributed by atoms with E-state index in [9.17, 15) is 4.79 Å². The Kier molecular flexibility index (Phi) is 5.76. The van der Waals surface area contributed by atoms with E-state index in [0.717, 1.165) is 5.56 Å².